The standard InChI is InChI=1S/C17H23N3O3.ClH/c18-13-3-1-9-19(11-13)17(22)12-23-15-7-5-14(6-8-15)20-10-2-4-16(20)21;/h5-8,13H,1-4,9-12,18H2;1H. The minimum Gasteiger partial charge on any atom is -0.484 e. The first-order valence-corrected chi connectivity index (χ1v) is 8.20. The fourth-order valence-electron chi connectivity index (χ4n) is 3.12. The molecule has 2 aliphatic heterocycles. The lowest BCUT2D eigenvalue weighted by Gasteiger charge is -2.30. The number of nitrogens with two attached hydrogens (primary N) is 1. The largest absolute Gasteiger partial charge is 0.484 e. The van der Waals surface area contributed by atoms with Gasteiger partial charge in [0.15, 0.2) is 6.61 Å². The maximum Gasteiger partial charge on any atom is 0.260 e. The zero-order chi connectivity index (χ0) is 16.2. The maximum atomic E-state index is 12.1. The number of carbonyl (C=O) groups excluding carboxylic acids is 2. The summed E-state index contributed by atoms with van der Waals surface area (Å²) in [5, 5.41) is 0. The van der Waals surface area contributed by atoms with Crippen LogP contribution in [0.25, 0.3) is 0 Å². The molecule has 1 atom stereocenters. The summed E-state index contributed by atoms with van der Waals surface area (Å²) in [6, 6.07) is 7.40. The number of hydrogen-bond acceptors (Lipinski definition) is 4. The summed E-state index contributed by atoms with van der Waals surface area (Å²) in [5.41, 5.74) is 6.77. The highest BCUT2D eigenvalue weighted by molar-refractivity contribution is 5.95. The van der Waals surface area contributed by atoms with Crippen LogP contribution in [0.15, 0.2) is 24.3 Å². The molecule has 2 heterocycles. The third kappa shape index (κ3) is 4.39. The van der Waals surface area contributed by atoms with Gasteiger partial charge < -0.3 is 20.3 Å². The van der Waals surface area contributed by atoms with E-state index < -0.39 is 0 Å². The summed E-state index contributed by atoms with van der Waals surface area (Å²) in [4.78, 5) is 27.4. The second-order valence-corrected chi connectivity index (χ2v) is 6.17. The van der Waals surface area contributed by atoms with Gasteiger partial charge in [0.05, 0.1) is 0 Å². The second kappa shape index (κ2) is 8.35. The number of likely N-dealkylation sites (tertiary alicyclic amines) is 1. The van der Waals surface area contributed by atoms with Gasteiger partial charge in [-0.05, 0) is 43.5 Å². The van der Waals surface area contributed by atoms with E-state index in [-0.39, 0.29) is 36.9 Å². The van der Waals surface area contributed by atoms with E-state index in [2.05, 4.69) is 0 Å². The van der Waals surface area contributed by atoms with Crippen molar-refractivity contribution in [3.63, 3.8) is 0 Å². The van der Waals surface area contributed by atoms with Gasteiger partial charge >= 0.3 is 0 Å². The Morgan fingerprint density at radius 3 is 2.58 bits per heavy atom. The molecule has 1 aromatic carbocycles. The Bertz CT molecular complexity index is 579. The molecule has 6 nitrogen and oxygen atoms in total. The Morgan fingerprint density at radius 1 is 1.21 bits per heavy atom. The average molecular weight is 354 g/mol. The van der Waals surface area contributed by atoms with E-state index in [0.29, 0.717) is 18.7 Å². The van der Waals surface area contributed by atoms with Crippen molar-refractivity contribution in [1.82, 2.24) is 4.90 Å². The molecule has 24 heavy (non-hydrogen) atoms. The van der Waals surface area contributed by atoms with Crippen molar-refractivity contribution >= 4 is 29.9 Å². The van der Waals surface area contributed by atoms with Gasteiger partial charge in [0.2, 0.25) is 5.91 Å². The van der Waals surface area contributed by atoms with Crippen LogP contribution in [0, 0.1) is 0 Å². The molecule has 2 N–H and O–H groups in total. The van der Waals surface area contributed by atoms with E-state index in [1.807, 2.05) is 12.1 Å². The summed E-state index contributed by atoms with van der Waals surface area (Å²) >= 11 is 0. The fourth-order valence-corrected chi connectivity index (χ4v) is 3.12. The first kappa shape index (κ1) is 18.5. The van der Waals surface area contributed by atoms with Gasteiger partial charge in [0, 0.05) is 37.8 Å². The Morgan fingerprint density at radius 2 is 1.96 bits per heavy atom. The molecule has 2 saturated heterocycles. The second-order valence-electron chi connectivity index (χ2n) is 6.17. The number of anilines is 1. The molecule has 2 amide bonds. The van der Waals surface area contributed by atoms with Crippen LogP contribution < -0.4 is 15.4 Å². The molecule has 0 radical (unpaired) electrons. The van der Waals surface area contributed by atoms with Gasteiger partial charge in [0.25, 0.3) is 5.91 Å². The molecule has 2 aliphatic rings. The van der Waals surface area contributed by atoms with Crippen molar-refractivity contribution in [2.75, 3.05) is 31.1 Å². The summed E-state index contributed by atoms with van der Waals surface area (Å²) in [6.07, 6.45) is 3.45. The van der Waals surface area contributed by atoms with Crippen LogP contribution in [-0.2, 0) is 9.59 Å². The molecule has 2 fully saturated rings. The quantitative estimate of drug-likeness (QED) is 0.891. The Balaban J connectivity index is 0.00000208. The summed E-state index contributed by atoms with van der Waals surface area (Å²) < 4.78 is 5.57. The first-order valence-electron chi connectivity index (χ1n) is 8.20. The Labute approximate surface area is 148 Å². The van der Waals surface area contributed by atoms with Crippen molar-refractivity contribution in [1.29, 1.82) is 0 Å². The summed E-state index contributed by atoms with van der Waals surface area (Å²) in [5.74, 6) is 0.768. The Hall–Kier alpha value is -1.79. The number of piperidine rings is 1. The van der Waals surface area contributed by atoms with Crippen LogP contribution in [0.2, 0.25) is 0 Å². The number of amides is 2. The van der Waals surface area contributed by atoms with Gasteiger partial charge in [-0.2, -0.15) is 0 Å². The molecule has 0 aliphatic carbocycles. The van der Waals surface area contributed by atoms with E-state index in [0.717, 1.165) is 38.0 Å². The van der Waals surface area contributed by atoms with Gasteiger partial charge in [-0.25, -0.2) is 0 Å². The van der Waals surface area contributed by atoms with Gasteiger partial charge in [-0.1, -0.05) is 0 Å². The van der Waals surface area contributed by atoms with E-state index in [1.54, 1.807) is 21.9 Å². The third-order valence-corrected chi connectivity index (χ3v) is 4.39. The predicted molar refractivity (Wildman–Crippen MR) is 94.6 cm³/mol. The molecule has 1 aromatic rings. The zero-order valence-electron chi connectivity index (χ0n) is 13.6. The molecule has 0 spiro atoms. The molecular weight excluding hydrogens is 330 g/mol. The lowest BCUT2D eigenvalue weighted by atomic mass is 10.1. The number of ether oxygens (including phenoxy) is 1. The third-order valence-electron chi connectivity index (χ3n) is 4.39. The SMILES string of the molecule is Cl.NC1CCCN(C(=O)COc2ccc(N3CCCC3=O)cc2)C1. The monoisotopic (exact) mass is 353 g/mol. The van der Waals surface area contributed by atoms with Crippen LogP contribution in [0.1, 0.15) is 25.7 Å². The lowest BCUT2D eigenvalue weighted by molar-refractivity contribution is -0.134. The molecule has 3 rings (SSSR count). The highest BCUT2D eigenvalue weighted by Gasteiger charge is 2.22. The van der Waals surface area contributed by atoms with E-state index in [1.165, 1.54) is 0 Å². The van der Waals surface area contributed by atoms with Crippen LogP contribution >= 0.6 is 12.4 Å². The minimum atomic E-state index is -0.0288. The van der Waals surface area contributed by atoms with E-state index in [9.17, 15) is 9.59 Å². The number of benzene rings is 1. The molecule has 0 saturated carbocycles. The number of nitrogens with zero attached hydrogens (tertiary/aromatic N) is 2. The molecule has 0 aromatic heterocycles. The maximum absolute atomic E-state index is 12.1. The topological polar surface area (TPSA) is 75.9 Å². The molecule has 132 valence electrons. The zero-order valence-corrected chi connectivity index (χ0v) is 14.5. The summed E-state index contributed by atoms with van der Waals surface area (Å²) in [7, 11) is 0. The van der Waals surface area contributed by atoms with E-state index >= 15 is 0 Å². The van der Waals surface area contributed by atoms with Crippen LogP contribution in [-0.4, -0.2) is 49.0 Å². The molecule has 1 unspecified atom stereocenters. The number of rotatable bonds is 4. The van der Waals surface area contributed by atoms with Crippen molar-refractivity contribution < 1.29 is 14.3 Å². The number of hydrogen-bond donors (Lipinski definition) is 1. The number of carbonyl (C=O) groups is 2. The van der Waals surface area contributed by atoms with Crippen LogP contribution in [0.3, 0.4) is 0 Å². The molecule has 7 heteroatoms. The van der Waals surface area contributed by atoms with Crippen LogP contribution in [0.5, 0.6) is 5.75 Å². The fraction of sp³-hybridized carbons (Fsp3) is 0.529. The van der Waals surface area contributed by atoms with Gasteiger partial charge in [-0.3, -0.25) is 9.59 Å². The highest BCUT2D eigenvalue weighted by Crippen LogP contribution is 2.24. The molecule has 0 bridgehead atoms. The highest BCUT2D eigenvalue weighted by atomic mass is 35.5. The van der Waals surface area contributed by atoms with Crippen molar-refractivity contribution in [3.8, 4) is 5.75 Å². The van der Waals surface area contributed by atoms with Crippen LogP contribution in [0.4, 0.5) is 5.69 Å². The van der Waals surface area contributed by atoms with Crippen molar-refractivity contribution in [2.45, 2.75) is 31.7 Å². The first-order chi connectivity index (χ1) is 11.1. The molecular formula is C17H24ClN3O3. The lowest BCUT2D eigenvalue weighted by Crippen LogP contribution is -2.47. The van der Waals surface area contributed by atoms with E-state index in [4.69, 9.17) is 10.5 Å². The van der Waals surface area contributed by atoms with Gasteiger partial charge in [-0.15, -0.1) is 12.4 Å². The van der Waals surface area contributed by atoms with Crippen molar-refractivity contribution in [3.05, 3.63) is 24.3 Å². The van der Waals surface area contributed by atoms with Crippen molar-refractivity contribution in [2.24, 2.45) is 5.73 Å². The predicted octanol–water partition coefficient (Wildman–Crippen LogP) is 1.56. The smallest absolute Gasteiger partial charge is 0.260 e. The average Bonchev–Trinajstić information content (AvgIpc) is 2.99. The Kier molecular flexibility index (Phi) is 6.45. The minimum absolute atomic E-state index is 0. The van der Waals surface area contributed by atoms with Gasteiger partial charge in [0.1, 0.15) is 5.75 Å². The number of halogens is 1. The normalized spacial score (nSPS) is 20.7. The summed E-state index contributed by atoms with van der Waals surface area (Å²) in [6.45, 7) is 2.16.